The Labute approximate surface area is 206 Å². The Hall–Kier alpha value is -4.08. The minimum absolute atomic E-state index is 0.205. The average Bonchev–Trinajstić information content (AvgIpc) is 3.64. The highest BCUT2D eigenvalue weighted by Crippen LogP contribution is 2.31. The summed E-state index contributed by atoms with van der Waals surface area (Å²) in [4.78, 5) is 25.6. The van der Waals surface area contributed by atoms with Gasteiger partial charge in [-0.2, -0.15) is 5.10 Å². The number of hydrogen-bond donors (Lipinski definition) is 2. The van der Waals surface area contributed by atoms with Gasteiger partial charge in [0.25, 0.3) is 11.8 Å². The van der Waals surface area contributed by atoms with Crippen molar-refractivity contribution in [1.82, 2.24) is 20.2 Å². The molecule has 6 rings (SSSR count). The number of pyridine rings is 2. The second-order valence-electron chi connectivity index (χ2n) is 9.34. The Kier molecular flexibility index (Phi) is 5.50. The van der Waals surface area contributed by atoms with Gasteiger partial charge >= 0.3 is 0 Å². The molecule has 1 amide bonds. The molecule has 2 saturated heterocycles. The number of H-pyrrole nitrogens is 1. The number of nitrogens with zero attached hydrogens (tertiary/aromatic N) is 5. The first kappa shape index (κ1) is 22.4. The lowest BCUT2D eigenvalue weighted by atomic mass is 10.0. The normalized spacial score (nSPS) is 17.2. The summed E-state index contributed by atoms with van der Waals surface area (Å²) in [5.41, 5.74) is 4.46. The van der Waals surface area contributed by atoms with E-state index in [9.17, 15) is 13.6 Å². The molecular weight excluding hydrogens is 464 g/mol. The Morgan fingerprint density at radius 2 is 1.86 bits per heavy atom. The highest BCUT2D eigenvalue weighted by atomic mass is 19.3. The van der Waals surface area contributed by atoms with Gasteiger partial charge in [0, 0.05) is 61.2 Å². The van der Waals surface area contributed by atoms with E-state index in [-0.39, 0.29) is 25.2 Å². The molecule has 2 aliphatic rings. The Morgan fingerprint density at radius 1 is 1.00 bits per heavy atom. The lowest BCUT2D eigenvalue weighted by Crippen LogP contribution is -2.25. The fraction of sp³-hybridized carbons (Fsp3) is 0.308. The molecule has 3 aromatic heterocycles. The van der Waals surface area contributed by atoms with Crippen molar-refractivity contribution in [1.29, 1.82) is 0 Å². The molecule has 2 fully saturated rings. The molecule has 0 unspecified atom stereocenters. The predicted octanol–water partition coefficient (Wildman–Crippen LogP) is 4.72. The highest BCUT2D eigenvalue weighted by Gasteiger charge is 2.38. The summed E-state index contributed by atoms with van der Waals surface area (Å²) in [6, 6.07) is 11.2. The lowest BCUT2D eigenvalue weighted by molar-refractivity contribution is 0.0256. The minimum atomic E-state index is -2.73. The van der Waals surface area contributed by atoms with Crippen LogP contribution in [-0.4, -0.2) is 58.2 Å². The van der Waals surface area contributed by atoms with Gasteiger partial charge < -0.3 is 15.1 Å². The van der Waals surface area contributed by atoms with Crippen LogP contribution in [-0.2, 0) is 0 Å². The topological polar surface area (TPSA) is 90.0 Å². The van der Waals surface area contributed by atoms with E-state index < -0.39 is 11.8 Å². The maximum Gasteiger partial charge on any atom is 0.276 e. The van der Waals surface area contributed by atoms with Crippen molar-refractivity contribution in [2.24, 2.45) is 0 Å². The first-order valence-electron chi connectivity index (χ1n) is 12.0. The van der Waals surface area contributed by atoms with Crippen molar-refractivity contribution in [3.8, 4) is 11.1 Å². The summed E-state index contributed by atoms with van der Waals surface area (Å²) in [6.07, 6.45) is 7.38. The zero-order valence-electron chi connectivity index (χ0n) is 19.5. The molecule has 0 saturated carbocycles. The van der Waals surface area contributed by atoms with E-state index in [0.29, 0.717) is 16.9 Å². The van der Waals surface area contributed by atoms with E-state index in [2.05, 4.69) is 36.4 Å². The van der Waals surface area contributed by atoms with Crippen LogP contribution in [0.1, 0.15) is 29.8 Å². The summed E-state index contributed by atoms with van der Waals surface area (Å²) in [5, 5.41) is 10.7. The number of fused-ring (bicyclic) bond motifs is 1. The summed E-state index contributed by atoms with van der Waals surface area (Å²) in [7, 11) is 0. The fourth-order valence-corrected chi connectivity index (χ4v) is 4.89. The Balaban J connectivity index is 1.25. The van der Waals surface area contributed by atoms with Crippen LogP contribution in [0, 0.1) is 0 Å². The average molecular weight is 490 g/mol. The van der Waals surface area contributed by atoms with Gasteiger partial charge in [-0.05, 0) is 42.7 Å². The van der Waals surface area contributed by atoms with E-state index in [0.717, 1.165) is 35.4 Å². The molecule has 184 valence electrons. The second-order valence-corrected chi connectivity index (χ2v) is 9.34. The van der Waals surface area contributed by atoms with Gasteiger partial charge in [0.15, 0.2) is 5.69 Å². The maximum atomic E-state index is 13.6. The van der Waals surface area contributed by atoms with Gasteiger partial charge in [-0.3, -0.25) is 14.9 Å². The van der Waals surface area contributed by atoms with Gasteiger partial charge in [0.2, 0.25) is 0 Å². The van der Waals surface area contributed by atoms with Crippen LogP contribution in [0.5, 0.6) is 0 Å². The lowest BCUT2D eigenvalue weighted by Gasteiger charge is -2.18. The number of amides is 1. The van der Waals surface area contributed by atoms with Crippen molar-refractivity contribution in [3.63, 3.8) is 0 Å². The van der Waals surface area contributed by atoms with Crippen LogP contribution in [0.25, 0.3) is 22.0 Å². The minimum Gasteiger partial charge on any atom is -0.370 e. The number of hydrogen-bond acceptors (Lipinski definition) is 6. The molecule has 10 heteroatoms. The van der Waals surface area contributed by atoms with Crippen molar-refractivity contribution in [2.45, 2.75) is 25.2 Å². The maximum absolute atomic E-state index is 13.6. The molecule has 0 atom stereocenters. The fourth-order valence-electron chi connectivity index (χ4n) is 4.89. The van der Waals surface area contributed by atoms with E-state index in [1.165, 1.54) is 23.9 Å². The van der Waals surface area contributed by atoms with Crippen LogP contribution in [0.15, 0.2) is 55.0 Å². The predicted molar refractivity (Wildman–Crippen MR) is 135 cm³/mol. The largest absolute Gasteiger partial charge is 0.370 e. The van der Waals surface area contributed by atoms with Crippen molar-refractivity contribution in [3.05, 3.63) is 60.7 Å². The van der Waals surface area contributed by atoms with E-state index in [1.807, 2.05) is 30.6 Å². The van der Waals surface area contributed by atoms with Crippen LogP contribution in [0.4, 0.5) is 26.0 Å². The van der Waals surface area contributed by atoms with Crippen molar-refractivity contribution >= 4 is 34.0 Å². The van der Waals surface area contributed by atoms with E-state index in [1.54, 1.807) is 12.1 Å². The molecule has 1 aromatic carbocycles. The molecule has 8 nitrogen and oxygen atoms in total. The number of aromatic amines is 1. The molecule has 0 aliphatic carbocycles. The molecule has 2 N–H and O–H groups in total. The number of nitrogens with one attached hydrogen (secondary N) is 2. The third kappa shape index (κ3) is 4.34. The third-order valence-electron chi connectivity index (χ3n) is 6.80. The monoisotopic (exact) mass is 489 g/mol. The number of carbonyl (C=O) groups is 1. The Morgan fingerprint density at radius 3 is 2.67 bits per heavy atom. The number of halogens is 2. The van der Waals surface area contributed by atoms with Gasteiger partial charge in [-0.25, -0.2) is 13.8 Å². The van der Waals surface area contributed by atoms with Crippen LogP contribution in [0.2, 0.25) is 0 Å². The van der Waals surface area contributed by atoms with Crippen molar-refractivity contribution in [2.75, 3.05) is 41.3 Å². The number of aromatic nitrogens is 4. The summed E-state index contributed by atoms with van der Waals surface area (Å²) < 4.78 is 27.2. The standard InChI is InChI=1S/C26H25F2N7O/c27-26(28)6-10-35(16-26)23-13-19(5-7-30-23)31-25(36)24-21-12-17(3-4-22(21)32-33-24)18-11-20(15-29-14-18)34-8-1-2-9-34/h3-5,7,11-15H,1-2,6,8-10,16H2,(H,32,33)(H,30,31,36). The third-order valence-corrected chi connectivity index (χ3v) is 6.80. The number of benzene rings is 1. The number of carbonyl (C=O) groups excluding carboxylic acids is 1. The summed E-state index contributed by atoms with van der Waals surface area (Å²) in [6.45, 7) is 1.91. The summed E-state index contributed by atoms with van der Waals surface area (Å²) in [5.74, 6) is -2.72. The van der Waals surface area contributed by atoms with Gasteiger partial charge in [0.05, 0.1) is 23.9 Å². The van der Waals surface area contributed by atoms with Gasteiger partial charge in [-0.15, -0.1) is 0 Å². The molecule has 0 spiro atoms. The smallest absolute Gasteiger partial charge is 0.276 e. The number of anilines is 3. The molecule has 4 aromatic rings. The molecule has 2 aliphatic heterocycles. The zero-order chi connectivity index (χ0) is 24.7. The van der Waals surface area contributed by atoms with Crippen molar-refractivity contribution < 1.29 is 13.6 Å². The molecule has 0 radical (unpaired) electrons. The first-order chi connectivity index (χ1) is 17.4. The highest BCUT2D eigenvalue weighted by molar-refractivity contribution is 6.11. The zero-order valence-corrected chi connectivity index (χ0v) is 19.5. The number of alkyl halides is 2. The molecule has 36 heavy (non-hydrogen) atoms. The Bertz CT molecular complexity index is 1430. The van der Waals surface area contributed by atoms with E-state index >= 15 is 0 Å². The molecular formula is C26H25F2N7O. The van der Waals surface area contributed by atoms with Gasteiger partial charge in [-0.1, -0.05) is 6.07 Å². The van der Waals surface area contributed by atoms with Crippen LogP contribution < -0.4 is 15.1 Å². The van der Waals surface area contributed by atoms with Crippen LogP contribution in [0.3, 0.4) is 0 Å². The number of rotatable bonds is 5. The molecule has 0 bridgehead atoms. The molecule has 5 heterocycles. The van der Waals surface area contributed by atoms with Crippen LogP contribution >= 0.6 is 0 Å². The van der Waals surface area contributed by atoms with Gasteiger partial charge in [0.1, 0.15) is 5.82 Å². The van der Waals surface area contributed by atoms with E-state index in [4.69, 9.17) is 0 Å². The quantitative estimate of drug-likeness (QED) is 0.422. The summed E-state index contributed by atoms with van der Waals surface area (Å²) >= 11 is 0. The second kappa shape index (κ2) is 8.85. The first-order valence-corrected chi connectivity index (χ1v) is 12.0. The SMILES string of the molecule is O=C(Nc1ccnc(N2CCC(F)(F)C2)c1)c1n[nH]c2ccc(-c3cncc(N4CCCC4)c3)cc12.